The molecule has 0 radical (unpaired) electrons. The van der Waals surface area contributed by atoms with Crippen molar-refractivity contribution in [2.24, 2.45) is 11.3 Å². The van der Waals surface area contributed by atoms with Gasteiger partial charge in [0.05, 0.1) is 29.8 Å². The predicted molar refractivity (Wildman–Crippen MR) is 137 cm³/mol. The minimum atomic E-state index is -1.13. The zero-order valence-corrected chi connectivity index (χ0v) is 21.9. The fourth-order valence-electron chi connectivity index (χ4n) is 4.50. The lowest BCUT2D eigenvalue weighted by Gasteiger charge is -2.40. The Labute approximate surface area is 208 Å². The Morgan fingerprint density at radius 3 is 2.40 bits per heavy atom. The summed E-state index contributed by atoms with van der Waals surface area (Å²) in [7, 11) is 0. The van der Waals surface area contributed by atoms with E-state index in [2.05, 4.69) is 23.7 Å². The van der Waals surface area contributed by atoms with E-state index in [0.717, 1.165) is 55.2 Å². The van der Waals surface area contributed by atoms with Crippen molar-refractivity contribution in [1.29, 1.82) is 0 Å². The van der Waals surface area contributed by atoms with Crippen molar-refractivity contribution in [2.75, 3.05) is 24.6 Å². The Morgan fingerprint density at radius 1 is 1.17 bits per heavy atom. The molecule has 190 valence electrons. The van der Waals surface area contributed by atoms with Gasteiger partial charge in [0.1, 0.15) is 5.75 Å². The van der Waals surface area contributed by atoms with Crippen molar-refractivity contribution in [3.8, 4) is 17.0 Å². The van der Waals surface area contributed by atoms with Gasteiger partial charge in [-0.1, -0.05) is 13.8 Å². The lowest BCUT2D eigenvalue weighted by molar-refractivity contribution is -0.160. The SMILES string of the molecule is Cc1ncc(-c2ccc(OCC3CC3)cn2)c(N2CCC(C)(C)CC2)c1[C@H](OC(C)(C)C)C(=O)O. The van der Waals surface area contributed by atoms with Crippen LogP contribution in [0.25, 0.3) is 11.3 Å². The number of carbonyl (C=O) groups is 1. The summed E-state index contributed by atoms with van der Waals surface area (Å²) in [6.45, 7) is 14.5. The number of hydrogen-bond donors (Lipinski definition) is 1. The summed E-state index contributed by atoms with van der Waals surface area (Å²) in [5.74, 6) is 0.406. The molecule has 1 atom stereocenters. The number of ether oxygens (including phenoxy) is 2. The van der Waals surface area contributed by atoms with E-state index >= 15 is 0 Å². The van der Waals surface area contributed by atoms with Crippen molar-refractivity contribution >= 4 is 11.7 Å². The summed E-state index contributed by atoms with van der Waals surface area (Å²) in [5.41, 5.74) is 3.33. The molecule has 7 nitrogen and oxygen atoms in total. The molecule has 0 amide bonds. The molecule has 2 aromatic rings. The van der Waals surface area contributed by atoms with Crippen LogP contribution in [0, 0.1) is 18.3 Å². The van der Waals surface area contributed by atoms with Crippen LogP contribution >= 0.6 is 0 Å². The van der Waals surface area contributed by atoms with E-state index in [0.29, 0.717) is 17.2 Å². The van der Waals surface area contributed by atoms with E-state index in [1.165, 1.54) is 12.8 Å². The number of nitrogens with zero attached hydrogens (tertiary/aromatic N) is 3. The van der Waals surface area contributed by atoms with Gasteiger partial charge >= 0.3 is 5.97 Å². The van der Waals surface area contributed by atoms with E-state index in [4.69, 9.17) is 14.5 Å². The lowest BCUT2D eigenvalue weighted by atomic mass is 9.82. The third-order valence-electron chi connectivity index (χ3n) is 6.87. The van der Waals surface area contributed by atoms with Gasteiger partial charge in [-0.2, -0.15) is 0 Å². The number of aliphatic carboxylic acids is 1. The van der Waals surface area contributed by atoms with E-state index in [1.54, 1.807) is 6.20 Å². The van der Waals surface area contributed by atoms with Crippen molar-refractivity contribution < 1.29 is 19.4 Å². The Kier molecular flexibility index (Phi) is 7.09. The molecule has 4 rings (SSSR count). The van der Waals surface area contributed by atoms with E-state index < -0.39 is 17.7 Å². The molecule has 0 aromatic carbocycles. The minimum absolute atomic E-state index is 0.256. The topological polar surface area (TPSA) is 84.8 Å². The van der Waals surface area contributed by atoms with Crippen LogP contribution in [0.3, 0.4) is 0 Å². The molecule has 0 spiro atoms. The average Bonchev–Trinajstić information content (AvgIpc) is 3.61. The van der Waals surface area contributed by atoms with Crippen LogP contribution in [0.2, 0.25) is 0 Å². The van der Waals surface area contributed by atoms with Gasteiger partial charge < -0.3 is 19.5 Å². The van der Waals surface area contributed by atoms with Crippen LogP contribution in [0.5, 0.6) is 5.75 Å². The quantitative estimate of drug-likeness (QED) is 0.509. The van der Waals surface area contributed by atoms with Gasteiger partial charge in [0.15, 0.2) is 6.10 Å². The van der Waals surface area contributed by atoms with Crippen LogP contribution < -0.4 is 9.64 Å². The molecule has 1 saturated carbocycles. The third-order valence-corrected chi connectivity index (χ3v) is 6.87. The number of hydrogen-bond acceptors (Lipinski definition) is 6. The van der Waals surface area contributed by atoms with Crippen molar-refractivity contribution in [3.05, 3.63) is 35.8 Å². The first kappa shape index (κ1) is 25.4. The van der Waals surface area contributed by atoms with Crippen LogP contribution in [0.1, 0.15) is 77.7 Å². The molecule has 0 unspecified atom stereocenters. The fraction of sp³-hybridized carbons (Fsp3) is 0.607. The highest BCUT2D eigenvalue weighted by atomic mass is 16.5. The second-order valence-corrected chi connectivity index (χ2v) is 11.8. The first-order valence-electron chi connectivity index (χ1n) is 12.7. The molecular formula is C28H39N3O4. The first-order chi connectivity index (χ1) is 16.4. The standard InChI is InChI=1S/C28H39N3O4/c1-18-23(25(26(32)33)35-27(2,3)4)24(31-13-11-28(5,6)12-14-31)21(16-29-18)22-10-9-20(15-30-22)34-17-19-7-8-19/h9-10,15-16,19,25H,7-8,11-14,17H2,1-6H3,(H,32,33)/t25-/m0/s1. The maximum Gasteiger partial charge on any atom is 0.337 e. The minimum Gasteiger partial charge on any atom is -0.492 e. The van der Waals surface area contributed by atoms with Crippen LogP contribution in [-0.4, -0.2) is 46.3 Å². The number of aromatic nitrogens is 2. The monoisotopic (exact) mass is 481 g/mol. The maximum atomic E-state index is 12.5. The zero-order valence-electron chi connectivity index (χ0n) is 21.9. The van der Waals surface area contributed by atoms with Gasteiger partial charge in [-0.25, -0.2) is 4.79 Å². The van der Waals surface area contributed by atoms with Crippen molar-refractivity contribution in [2.45, 2.75) is 78.9 Å². The third kappa shape index (κ3) is 6.31. The number of piperidine rings is 1. The molecule has 7 heteroatoms. The fourth-order valence-corrected chi connectivity index (χ4v) is 4.50. The largest absolute Gasteiger partial charge is 0.492 e. The number of anilines is 1. The molecule has 1 N–H and O–H groups in total. The second-order valence-electron chi connectivity index (χ2n) is 11.8. The number of carboxylic acids is 1. The molecular weight excluding hydrogens is 442 g/mol. The summed E-state index contributed by atoms with van der Waals surface area (Å²) in [5, 5.41) is 10.2. The van der Waals surface area contributed by atoms with Gasteiger partial charge in [-0.05, 0) is 76.8 Å². The first-order valence-corrected chi connectivity index (χ1v) is 12.7. The summed E-state index contributed by atoms with van der Waals surface area (Å²) >= 11 is 0. The predicted octanol–water partition coefficient (Wildman–Crippen LogP) is 5.81. The van der Waals surface area contributed by atoms with Gasteiger partial charge in [0.2, 0.25) is 0 Å². The smallest absolute Gasteiger partial charge is 0.337 e. The van der Waals surface area contributed by atoms with Crippen LogP contribution in [0.4, 0.5) is 5.69 Å². The maximum absolute atomic E-state index is 12.5. The molecule has 2 aromatic heterocycles. The van der Waals surface area contributed by atoms with E-state index in [9.17, 15) is 9.90 Å². The summed E-state index contributed by atoms with van der Waals surface area (Å²) in [4.78, 5) is 24.1. The van der Waals surface area contributed by atoms with Gasteiger partial charge in [0, 0.05) is 36.1 Å². The molecule has 2 fully saturated rings. The van der Waals surface area contributed by atoms with Crippen LogP contribution in [0.15, 0.2) is 24.5 Å². The normalized spacial score (nSPS) is 18.9. The molecule has 3 heterocycles. The molecule has 35 heavy (non-hydrogen) atoms. The Morgan fingerprint density at radius 2 is 1.86 bits per heavy atom. The van der Waals surface area contributed by atoms with Crippen molar-refractivity contribution in [1.82, 2.24) is 9.97 Å². The van der Waals surface area contributed by atoms with E-state index in [-0.39, 0.29) is 5.41 Å². The highest BCUT2D eigenvalue weighted by molar-refractivity contribution is 5.85. The molecule has 1 aliphatic carbocycles. The summed E-state index contributed by atoms with van der Waals surface area (Å²) in [6, 6.07) is 3.88. The Hall–Kier alpha value is -2.67. The van der Waals surface area contributed by atoms with Gasteiger partial charge in [-0.3, -0.25) is 9.97 Å². The molecule has 1 saturated heterocycles. The zero-order chi connectivity index (χ0) is 25.4. The van der Waals surface area contributed by atoms with Crippen molar-refractivity contribution in [3.63, 3.8) is 0 Å². The number of pyridine rings is 2. The summed E-state index contributed by atoms with van der Waals surface area (Å²) < 4.78 is 12.0. The highest BCUT2D eigenvalue weighted by Gasteiger charge is 2.36. The number of carboxylic acid groups (broad SMARTS) is 1. The lowest BCUT2D eigenvalue weighted by Crippen LogP contribution is -2.39. The molecule has 1 aliphatic heterocycles. The molecule has 2 aliphatic rings. The number of rotatable bonds is 8. The molecule has 0 bridgehead atoms. The second kappa shape index (κ2) is 9.76. The number of aryl methyl sites for hydroxylation is 1. The Bertz CT molecular complexity index is 1050. The average molecular weight is 482 g/mol. The Balaban J connectivity index is 1.78. The van der Waals surface area contributed by atoms with Gasteiger partial charge in [-0.15, -0.1) is 0 Å². The highest BCUT2D eigenvalue weighted by Crippen LogP contribution is 2.43. The van der Waals surface area contributed by atoms with E-state index in [1.807, 2.05) is 46.0 Å². The van der Waals surface area contributed by atoms with Crippen LogP contribution in [-0.2, 0) is 9.53 Å². The summed E-state index contributed by atoms with van der Waals surface area (Å²) in [6.07, 6.45) is 6.95. The van der Waals surface area contributed by atoms with Gasteiger partial charge in [0.25, 0.3) is 0 Å².